The third kappa shape index (κ3) is 1.72. The summed E-state index contributed by atoms with van der Waals surface area (Å²) in [6.45, 7) is 4.43. The second kappa shape index (κ2) is 3.70. The molecule has 1 heteroatoms. The van der Waals surface area contributed by atoms with E-state index in [9.17, 15) is 0 Å². The Balaban J connectivity index is 2.41. The minimum Gasteiger partial charge on any atom is -0.324 e. The molecule has 0 saturated heterocycles. The number of rotatable bonds is 2. The van der Waals surface area contributed by atoms with Crippen LogP contribution >= 0.6 is 0 Å². The van der Waals surface area contributed by atoms with E-state index in [1.54, 1.807) is 0 Å². The van der Waals surface area contributed by atoms with Gasteiger partial charge >= 0.3 is 0 Å². The number of benzene rings is 1. The molecule has 0 fully saturated rings. The Kier molecular flexibility index (Phi) is 2.40. The summed E-state index contributed by atoms with van der Waals surface area (Å²) in [6.07, 6.45) is 4.14. The summed E-state index contributed by atoms with van der Waals surface area (Å²) in [7, 11) is 0. The number of hydrogen-bond acceptors (Lipinski definition) is 0. The lowest BCUT2D eigenvalue weighted by Crippen LogP contribution is -1.93. The number of aromatic nitrogens is 1. The molecule has 0 unspecified atom stereocenters. The fourth-order valence-electron chi connectivity index (χ4n) is 1.55. The van der Waals surface area contributed by atoms with Gasteiger partial charge in [0.1, 0.15) is 0 Å². The van der Waals surface area contributed by atoms with Crippen molar-refractivity contribution in [1.29, 1.82) is 0 Å². The zero-order valence-corrected chi connectivity index (χ0v) is 8.64. The maximum absolute atomic E-state index is 2.24. The van der Waals surface area contributed by atoms with Crippen molar-refractivity contribution in [3.8, 4) is 5.69 Å². The third-order valence-electron chi connectivity index (χ3n) is 2.44. The first kappa shape index (κ1) is 9.07. The molecule has 0 aliphatic carbocycles. The van der Waals surface area contributed by atoms with Crippen molar-refractivity contribution >= 4 is 0 Å². The molecular formula is C13H15N. The maximum Gasteiger partial charge on any atom is 0.0452 e. The topological polar surface area (TPSA) is 4.93 Å². The van der Waals surface area contributed by atoms with Crippen molar-refractivity contribution in [3.05, 3.63) is 54.4 Å². The van der Waals surface area contributed by atoms with Gasteiger partial charge in [-0.15, -0.1) is 0 Å². The predicted octanol–water partition coefficient (Wildman–Crippen LogP) is 3.60. The summed E-state index contributed by atoms with van der Waals surface area (Å²) in [5.41, 5.74) is 2.62. The van der Waals surface area contributed by atoms with E-state index in [0.29, 0.717) is 5.92 Å². The van der Waals surface area contributed by atoms with E-state index >= 15 is 0 Å². The Morgan fingerprint density at radius 2 is 1.71 bits per heavy atom. The molecule has 0 radical (unpaired) electrons. The fraction of sp³-hybridized carbons (Fsp3) is 0.231. The van der Waals surface area contributed by atoms with Crippen molar-refractivity contribution < 1.29 is 0 Å². The molecule has 0 aliphatic rings. The SMILES string of the molecule is CC(C)c1cccc(-n2cccc2)c1. The van der Waals surface area contributed by atoms with Crippen molar-refractivity contribution in [2.24, 2.45) is 0 Å². The minimum absolute atomic E-state index is 0.588. The fourth-order valence-corrected chi connectivity index (χ4v) is 1.55. The molecule has 1 heterocycles. The van der Waals surface area contributed by atoms with Gasteiger partial charge in [-0.05, 0) is 35.7 Å². The first-order valence-electron chi connectivity index (χ1n) is 5.00. The molecule has 72 valence electrons. The Morgan fingerprint density at radius 1 is 1.00 bits per heavy atom. The molecule has 0 bridgehead atoms. The second-order valence-electron chi connectivity index (χ2n) is 3.84. The lowest BCUT2D eigenvalue weighted by atomic mass is 10.0. The Morgan fingerprint density at radius 3 is 2.36 bits per heavy atom. The van der Waals surface area contributed by atoms with Crippen molar-refractivity contribution in [2.45, 2.75) is 19.8 Å². The first-order chi connectivity index (χ1) is 6.77. The normalized spacial score (nSPS) is 10.8. The van der Waals surface area contributed by atoms with Gasteiger partial charge in [-0.2, -0.15) is 0 Å². The molecule has 0 atom stereocenters. The van der Waals surface area contributed by atoms with Gasteiger partial charge in [-0.25, -0.2) is 0 Å². The van der Waals surface area contributed by atoms with Gasteiger partial charge in [0.15, 0.2) is 0 Å². The largest absolute Gasteiger partial charge is 0.324 e. The van der Waals surface area contributed by atoms with Crippen LogP contribution in [0.1, 0.15) is 25.3 Å². The van der Waals surface area contributed by atoms with E-state index in [1.165, 1.54) is 11.3 Å². The molecule has 0 N–H and O–H groups in total. The van der Waals surface area contributed by atoms with Crippen molar-refractivity contribution in [2.75, 3.05) is 0 Å². The summed E-state index contributed by atoms with van der Waals surface area (Å²) in [6, 6.07) is 12.8. The van der Waals surface area contributed by atoms with E-state index in [4.69, 9.17) is 0 Å². The monoisotopic (exact) mass is 185 g/mol. The quantitative estimate of drug-likeness (QED) is 0.673. The molecule has 0 aliphatic heterocycles. The van der Waals surface area contributed by atoms with Crippen LogP contribution in [-0.4, -0.2) is 4.57 Å². The van der Waals surface area contributed by atoms with Gasteiger partial charge in [0, 0.05) is 18.1 Å². The van der Waals surface area contributed by atoms with Gasteiger partial charge in [-0.3, -0.25) is 0 Å². The van der Waals surface area contributed by atoms with E-state index in [1.807, 2.05) is 12.1 Å². The zero-order valence-electron chi connectivity index (χ0n) is 8.64. The Labute approximate surface area is 85.0 Å². The van der Waals surface area contributed by atoms with Gasteiger partial charge in [0.25, 0.3) is 0 Å². The summed E-state index contributed by atoms with van der Waals surface area (Å²) in [5, 5.41) is 0. The van der Waals surface area contributed by atoms with Crippen LogP contribution in [0.5, 0.6) is 0 Å². The van der Waals surface area contributed by atoms with Crippen LogP contribution in [-0.2, 0) is 0 Å². The van der Waals surface area contributed by atoms with Crippen LogP contribution in [0.4, 0.5) is 0 Å². The van der Waals surface area contributed by atoms with Crippen molar-refractivity contribution in [3.63, 3.8) is 0 Å². The highest BCUT2D eigenvalue weighted by atomic mass is 14.9. The summed E-state index contributed by atoms with van der Waals surface area (Å²) in [4.78, 5) is 0. The van der Waals surface area contributed by atoms with Crippen LogP contribution < -0.4 is 0 Å². The average molecular weight is 185 g/mol. The standard InChI is InChI=1S/C13H15N/c1-11(2)12-6-5-7-13(10-12)14-8-3-4-9-14/h3-11H,1-2H3. The lowest BCUT2D eigenvalue weighted by Gasteiger charge is -2.08. The molecule has 0 saturated carbocycles. The average Bonchev–Trinajstić information content (AvgIpc) is 2.71. The van der Waals surface area contributed by atoms with Gasteiger partial charge < -0.3 is 4.57 Å². The third-order valence-corrected chi connectivity index (χ3v) is 2.44. The van der Waals surface area contributed by atoms with Crippen LogP contribution in [0.2, 0.25) is 0 Å². The van der Waals surface area contributed by atoms with E-state index < -0.39 is 0 Å². The molecule has 2 aromatic rings. The molecule has 14 heavy (non-hydrogen) atoms. The van der Waals surface area contributed by atoms with E-state index in [-0.39, 0.29) is 0 Å². The van der Waals surface area contributed by atoms with E-state index in [0.717, 1.165) is 0 Å². The molecule has 0 spiro atoms. The molecule has 2 rings (SSSR count). The first-order valence-corrected chi connectivity index (χ1v) is 5.00. The highest BCUT2D eigenvalue weighted by molar-refractivity contribution is 5.37. The highest BCUT2D eigenvalue weighted by Crippen LogP contribution is 2.17. The number of hydrogen-bond donors (Lipinski definition) is 0. The summed E-state index contributed by atoms with van der Waals surface area (Å²) < 4.78 is 2.13. The second-order valence-corrected chi connectivity index (χ2v) is 3.84. The predicted molar refractivity (Wildman–Crippen MR) is 59.9 cm³/mol. The van der Waals surface area contributed by atoms with Gasteiger partial charge in [0.05, 0.1) is 0 Å². The van der Waals surface area contributed by atoms with Crippen LogP contribution in [0.3, 0.4) is 0 Å². The summed E-state index contributed by atoms with van der Waals surface area (Å²) in [5.74, 6) is 0.588. The van der Waals surface area contributed by atoms with Crippen LogP contribution in [0.25, 0.3) is 5.69 Å². The molecular weight excluding hydrogens is 170 g/mol. The van der Waals surface area contributed by atoms with Crippen LogP contribution in [0, 0.1) is 0 Å². The Bertz CT molecular complexity index is 399. The Hall–Kier alpha value is -1.50. The van der Waals surface area contributed by atoms with Crippen molar-refractivity contribution in [1.82, 2.24) is 4.57 Å². The maximum atomic E-state index is 2.24. The zero-order chi connectivity index (χ0) is 9.97. The van der Waals surface area contributed by atoms with Gasteiger partial charge in [0.2, 0.25) is 0 Å². The lowest BCUT2D eigenvalue weighted by molar-refractivity contribution is 0.863. The smallest absolute Gasteiger partial charge is 0.0452 e. The number of nitrogens with zero attached hydrogens (tertiary/aromatic N) is 1. The highest BCUT2D eigenvalue weighted by Gasteiger charge is 2.00. The van der Waals surface area contributed by atoms with E-state index in [2.05, 4.69) is 55.1 Å². The van der Waals surface area contributed by atoms with Crippen LogP contribution in [0.15, 0.2) is 48.8 Å². The molecule has 1 aromatic heterocycles. The summed E-state index contributed by atoms with van der Waals surface area (Å²) >= 11 is 0. The molecule has 1 nitrogen and oxygen atoms in total. The minimum atomic E-state index is 0.588. The molecule has 0 amide bonds. The molecule has 1 aromatic carbocycles. The van der Waals surface area contributed by atoms with Gasteiger partial charge in [-0.1, -0.05) is 26.0 Å².